The lowest BCUT2D eigenvalue weighted by Gasteiger charge is -2.34. The van der Waals surface area contributed by atoms with Crippen LogP contribution < -0.4 is 16.5 Å². The molecule has 1 aliphatic heterocycles. The number of hydrogen-bond donors (Lipinski definition) is 2. The molecule has 30 heavy (non-hydrogen) atoms. The van der Waals surface area contributed by atoms with E-state index in [9.17, 15) is 9.59 Å². The highest BCUT2D eigenvalue weighted by Gasteiger charge is 2.51. The van der Waals surface area contributed by atoms with E-state index in [1.807, 2.05) is 6.07 Å². The van der Waals surface area contributed by atoms with Gasteiger partial charge in [0.15, 0.2) is 0 Å². The highest BCUT2D eigenvalue weighted by atomic mass is 16.2. The normalized spacial score (nSPS) is 17.3. The Hall–Kier alpha value is -3.49. The second-order valence-corrected chi connectivity index (χ2v) is 7.60. The fourth-order valence-electron chi connectivity index (χ4n) is 3.82. The number of allylic oxidation sites excluding steroid dienone is 1. The van der Waals surface area contributed by atoms with E-state index in [4.69, 9.17) is 13.6 Å². The minimum Gasteiger partial charge on any atom is -0.404 e. The third-order valence-electron chi connectivity index (χ3n) is 5.50. The van der Waals surface area contributed by atoms with Crippen molar-refractivity contribution in [1.82, 2.24) is 14.9 Å². The Morgan fingerprint density at radius 1 is 1.37 bits per heavy atom. The van der Waals surface area contributed by atoms with Crippen LogP contribution in [0.15, 0.2) is 41.8 Å². The Bertz CT molecular complexity index is 1060. The molecule has 1 aromatic heterocycles. The summed E-state index contributed by atoms with van der Waals surface area (Å²) in [5, 5.41) is 2.65. The van der Waals surface area contributed by atoms with Crippen molar-refractivity contribution in [2.45, 2.75) is 18.3 Å². The first-order valence-electron chi connectivity index (χ1n) is 9.61. The summed E-state index contributed by atoms with van der Waals surface area (Å²) >= 11 is 0. The van der Waals surface area contributed by atoms with Crippen LogP contribution in [-0.2, 0) is 10.2 Å². The third kappa shape index (κ3) is 3.70. The van der Waals surface area contributed by atoms with Gasteiger partial charge in [-0.15, -0.1) is 0 Å². The molecule has 1 saturated carbocycles. The van der Waals surface area contributed by atoms with Gasteiger partial charge in [0.2, 0.25) is 11.9 Å². The molecule has 3 N–H and O–H groups in total. The van der Waals surface area contributed by atoms with Gasteiger partial charge < -0.3 is 10.6 Å². The molecule has 4 rings (SSSR count). The summed E-state index contributed by atoms with van der Waals surface area (Å²) in [5.74, 6) is -0.353. The molecule has 0 unspecified atom stereocenters. The smallest absolute Gasteiger partial charge is 0.254 e. The van der Waals surface area contributed by atoms with Crippen LogP contribution in [0.3, 0.4) is 0 Å². The third-order valence-corrected chi connectivity index (χ3v) is 5.50. The molecular weight excluding hydrogens is 379 g/mol. The predicted molar refractivity (Wildman–Crippen MR) is 116 cm³/mol. The highest BCUT2D eigenvalue weighted by Crippen LogP contribution is 2.52. The van der Waals surface area contributed by atoms with E-state index in [-0.39, 0.29) is 29.7 Å². The number of fused-ring (bicyclic) bond motifs is 2. The molecule has 2 aliphatic rings. The number of aromatic nitrogens is 2. The van der Waals surface area contributed by atoms with Gasteiger partial charge in [0.1, 0.15) is 14.4 Å². The SMILES string of the molecule is [B]c1ccc2c(c1)C1(CC1)CN(CC(=O)Nc1ncc(/C(C=NC)=C/N)cn1)C2=O. The highest BCUT2D eigenvalue weighted by molar-refractivity contribution is 6.32. The van der Waals surface area contributed by atoms with Crippen molar-refractivity contribution in [1.29, 1.82) is 0 Å². The molecular formula is C21H21BN6O2. The van der Waals surface area contributed by atoms with Crippen LogP contribution in [0.1, 0.15) is 34.3 Å². The number of benzene rings is 1. The molecule has 2 heterocycles. The number of aliphatic imine (C=N–C) groups is 1. The van der Waals surface area contributed by atoms with Gasteiger partial charge >= 0.3 is 0 Å². The van der Waals surface area contributed by atoms with Gasteiger partial charge in [-0.1, -0.05) is 17.6 Å². The van der Waals surface area contributed by atoms with Gasteiger partial charge in [-0.2, -0.15) is 0 Å². The fraction of sp³-hybridized carbons (Fsp3) is 0.286. The van der Waals surface area contributed by atoms with Crippen molar-refractivity contribution in [2.24, 2.45) is 10.7 Å². The summed E-state index contributed by atoms with van der Waals surface area (Å²) in [6, 6.07) is 5.36. The topological polar surface area (TPSA) is 114 Å². The Labute approximate surface area is 175 Å². The van der Waals surface area contributed by atoms with Gasteiger partial charge in [-0.25, -0.2) is 9.97 Å². The second-order valence-electron chi connectivity index (χ2n) is 7.60. The van der Waals surface area contributed by atoms with Crippen LogP contribution >= 0.6 is 0 Å². The molecule has 9 heteroatoms. The quantitative estimate of drug-likeness (QED) is 0.557. The average molecular weight is 400 g/mol. The predicted octanol–water partition coefficient (Wildman–Crippen LogP) is 0.397. The molecule has 8 nitrogen and oxygen atoms in total. The van der Waals surface area contributed by atoms with Crippen molar-refractivity contribution in [3.05, 3.63) is 53.5 Å². The number of rotatable bonds is 5. The lowest BCUT2D eigenvalue weighted by Crippen LogP contribution is -2.47. The molecule has 1 aliphatic carbocycles. The summed E-state index contributed by atoms with van der Waals surface area (Å²) in [6.45, 7) is 0.447. The number of carbonyl (C=O) groups excluding carboxylic acids is 2. The zero-order chi connectivity index (χ0) is 21.3. The van der Waals surface area contributed by atoms with E-state index in [2.05, 4.69) is 20.3 Å². The van der Waals surface area contributed by atoms with E-state index in [1.165, 1.54) is 6.20 Å². The van der Waals surface area contributed by atoms with Crippen molar-refractivity contribution in [3.8, 4) is 0 Å². The Morgan fingerprint density at radius 2 is 2.10 bits per heavy atom. The van der Waals surface area contributed by atoms with Crippen molar-refractivity contribution >= 4 is 42.9 Å². The molecule has 0 atom stereocenters. The van der Waals surface area contributed by atoms with E-state index >= 15 is 0 Å². The first-order chi connectivity index (χ1) is 14.5. The number of anilines is 1. The molecule has 1 aromatic carbocycles. The van der Waals surface area contributed by atoms with E-state index < -0.39 is 0 Å². The van der Waals surface area contributed by atoms with Gasteiger partial charge in [0.25, 0.3) is 5.91 Å². The average Bonchev–Trinajstić information content (AvgIpc) is 3.51. The maximum Gasteiger partial charge on any atom is 0.254 e. The first-order valence-corrected chi connectivity index (χ1v) is 9.61. The Kier molecular flexibility index (Phi) is 5.11. The Balaban J connectivity index is 1.45. The van der Waals surface area contributed by atoms with Crippen molar-refractivity contribution < 1.29 is 9.59 Å². The molecule has 0 bridgehead atoms. The summed E-state index contributed by atoms with van der Waals surface area (Å²) in [4.78, 5) is 39.2. The molecule has 0 saturated heterocycles. The van der Waals surface area contributed by atoms with Crippen LogP contribution in [0.25, 0.3) is 5.57 Å². The molecule has 150 valence electrons. The summed E-state index contributed by atoms with van der Waals surface area (Å²) < 4.78 is 0. The monoisotopic (exact) mass is 400 g/mol. The van der Waals surface area contributed by atoms with E-state index in [1.54, 1.807) is 42.7 Å². The van der Waals surface area contributed by atoms with Crippen LogP contribution in [-0.4, -0.2) is 60.9 Å². The van der Waals surface area contributed by atoms with Crippen LogP contribution in [0, 0.1) is 0 Å². The molecule has 1 fully saturated rings. The number of nitrogens with two attached hydrogens (primary N) is 1. The number of hydrogen-bond acceptors (Lipinski definition) is 6. The second kappa shape index (κ2) is 7.74. The van der Waals surface area contributed by atoms with E-state index in [0.717, 1.165) is 18.4 Å². The zero-order valence-corrected chi connectivity index (χ0v) is 16.6. The summed E-state index contributed by atoms with van der Waals surface area (Å²) in [5.41, 5.74) is 9.12. The summed E-state index contributed by atoms with van der Waals surface area (Å²) in [6.07, 6.45) is 8.07. The van der Waals surface area contributed by atoms with E-state index in [0.29, 0.717) is 28.7 Å². The minimum atomic E-state index is -0.351. The minimum absolute atomic E-state index is 0.0635. The lowest BCUT2D eigenvalue weighted by atomic mass is 9.82. The summed E-state index contributed by atoms with van der Waals surface area (Å²) in [7, 11) is 7.55. The van der Waals surface area contributed by atoms with Crippen LogP contribution in [0.2, 0.25) is 0 Å². The molecule has 2 aromatic rings. The van der Waals surface area contributed by atoms with Crippen molar-refractivity contribution in [3.63, 3.8) is 0 Å². The van der Waals surface area contributed by atoms with Gasteiger partial charge in [0.05, 0.1) is 0 Å². The maximum atomic E-state index is 12.9. The molecule has 2 radical (unpaired) electrons. The zero-order valence-electron chi connectivity index (χ0n) is 16.6. The number of carbonyl (C=O) groups is 2. The maximum absolute atomic E-state index is 12.9. The molecule has 2 amide bonds. The number of nitrogens with zero attached hydrogens (tertiary/aromatic N) is 4. The van der Waals surface area contributed by atoms with Gasteiger partial charge in [0, 0.05) is 60.5 Å². The van der Waals surface area contributed by atoms with Gasteiger partial charge in [-0.3, -0.25) is 19.9 Å². The Morgan fingerprint density at radius 3 is 2.73 bits per heavy atom. The number of amides is 2. The van der Waals surface area contributed by atoms with Crippen molar-refractivity contribution in [2.75, 3.05) is 25.5 Å². The van der Waals surface area contributed by atoms with Crippen LogP contribution in [0.5, 0.6) is 0 Å². The standard InChI is InChI=1S/C21H21BN6O2/c1-24-8-13(7-23)14-9-25-20(26-10-14)27-18(29)11-28-12-21(4-5-21)17-6-15(22)2-3-16(17)19(28)30/h2-3,6-10H,4-5,11-12,23H2,1H3,(H,25,26,27,29)/b13-7+,24-8?. The van der Waals surface area contributed by atoms with Crippen LogP contribution in [0.4, 0.5) is 5.95 Å². The first kappa shape index (κ1) is 19.8. The number of nitrogens with one attached hydrogen (secondary N) is 1. The fourth-order valence-corrected chi connectivity index (χ4v) is 3.82. The largest absolute Gasteiger partial charge is 0.404 e. The molecule has 1 spiro atoms. The van der Waals surface area contributed by atoms with Gasteiger partial charge in [-0.05, 0) is 24.5 Å². The lowest BCUT2D eigenvalue weighted by molar-refractivity contribution is -0.117.